The number of carbonyl (C=O) groups excluding carboxylic acids is 5. The predicted octanol–water partition coefficient (Wildman–Crippen LogP) is 5.29. The highest BCUT2D eigenvalue weighted by atomic mass is 16.5. The molecule has 2 heterocycles. The average Bonchev–Trinajstić information content (AvgIpc) is 3.80. The molecule has 0 radical (unpaired) electrons. The second-order valence-electron chi connectivity index (χ2n) is 12.6. The van der Waals surface area contributed by atoms with Crippen LogP contribution in [0.2, 0.25) is 0 Å². The lowest BCUT2D eigenvalue weighted by atomic mass is 9.73. The molecule has 5 aliphatic rings. The Morgan fingerprint density at radius 2 is 1.30 bits per heavy atom. The first-order valence-electron chi connectivity index (χ1n) is 15.3. The van der Waals surface area contributed by atoms with Crippen LogP contribution in [-0.4, -0.2) is 29.6 Å². The number of esters is 1. The van der Waals surface area contributed by atoms with Crippen LogP contribution in [0.15, 0.2) is 91.0 Å². The number of amides is 4. The molecule has 3 aromatic carbocycles. The van der Waals surface area contributed by atoms with Gasteiger partial charge in [-0.05, 0) is 91.5 Å². The van der Waals surface area contributed by atoms with Gasteiger partial charge in [-0.3, -0.25) is 29.0 Å². The van der Waals surface area contributed by atoms with Gasteiger partial charge in [-0.1, -0.05) is 48.6 Å². The molecule has 2 saturated heterocycles. The van der Waals surface area contributed by atoms with Crippen molar-refractivity contribution in [2.24, 2.45) is 35.5 Å². The van der Waals surface area contributed by atoms with Gasteiger partial charge in [-0.25, -0.2) is 4.79 Å². The Morgan fingerprint density at radius 3 is 2.00 bits per heavy atom. The van der Waals surface area contributed by atoms with Crippen molar-refractivity contribution in [2.45, 2.75) is 31.6 Å². The van der Waals surface area contributed by atoms with Crippen molar-refractivity contribution in [2.75, 3.05) is 9.80 Å². The van der Waals surface area contributed by atoms with Crippen molar-refractivity contribution in [1.82, 2.24) is 0 Å². The van der Waals surface area contributed by atoms with Crippen LogP contribution >= 0.6 is 0 Å². The second-order valence-corrected chi connectivity index (χ2v) is 12.6. The molecular weight excluding hydrogens is 556 g/mol. The Hall–Kier alpha value is -4.85. The van der Waals surface area contributed by atoms with Gasteiger partial charge < -0.3 is 4.74 Å². The number of fused-ring (bicyclic) bond motifs is 6. The molecule has 4 amide bonds. The molecule has 2 aliphatic heterocycles. The Labute approximate surface area is 254 Å². The standard InChI is InChI=1S/C36H30N2O6/c39-32-28-16-11-21(20-5-2-1-3-6-20)19-29(28)33(40)38(32)26-8-4-7-24(18-26)36(43)44-27-14-12-25(13-15-27)37-34(41)30-22-9-10-23(17-22)31(30)35(37)42/h1-10,12-15,18,21-23,28-31H,11,16-17,19H2/t21-,22+,23+,28+,29-,30-,31+/m1/s1. The highest BCUT2D eigenvalue weighted by molar-refractivity contribution is 6.23. The molecule has 3 aliphatic carbocycles. The van der Waals surface area contributed by atoms with Crippen LogP contribution < -0.4 is 14.5 Å². The summed E-state index contributed by atoms with van der Waals surface area (Å²) in [5, 5.41) is 0. The van der Waals surface area contributed by atoms with E-state index in [2.05, 4.69) is 24.3 Å². The Morgan fingerprint density at radius 1 is 0.636 bits per heavy atom. The van der Waals surface area contributed by atoms with Crippen molar-refractivity contribution >= 4 is 41.0 Å². The van der Waals surface area contributed by atoms with Crippen LogP contribution in [0.5, 0.6) is 5.75 Å². The lowest BCUT2D eigenvalue weighted by molar-refractivity contribution is -0.124. The molecule has 3 aromatic rings. The van der Waals surface area contributed by atoms with Crippen LogP contribution in [0.1, 0.15) is 47.5 Å². The largest absolute Gasteiger partial charge is 0.423 e. The van der Waals surface area contributed by atoms with Gasteiger partial charge in [-0.15, -0.1) is 0 Å². The number of allylic oxidation sites excluding steroid dienone is 2. The van der Waals surface area contributed by atoms with Crippen molar-refractivity contribution < 1.29 is 28.7 Å². The number of carbonyl (C=O) groups is 5. The van der Waals surface area contributed by atoms with Crippen molar-refractivity contribution in [3.8, 4) is 5.75 Å². The molecule has 0 spiro atoms. The van der Waals surface area contributed by atoms with Crippen molar-refractivity contribution in [3.63, 3.8) is 0 Å². The quantitative estimate of drug-likeness (QED) is 0.174. The minimum absolute atomic E-state index is 0.129. The normalized spacial score (nSPS) is 30.2. The van der Waals surface area contributed by atoms with E-state index in [1.807, 2.05) is 18.2 Å². The van der Waals surface area contributed by atoms with E-state index in [0.29, 0.717) is 24.2 Å². The summed E-state index contributed by atoms with van der Waals surface area (Å²) in [6.07, 6.45) is 7.11. The van der Waals surface area contributed by atoms with Crippen LogP contribution in [0, 0.1) is 35.5 Å². The number of benzene rings is 3. The number of nitrogens with zero attached hydrogens (tertiary/aromatic N) is 2. The minimum atomic E-state index is -0.647. The van der Waals surface area contributed by atoms with Crippen molar-refractivity contribution in [3.05, 3.63) is 102 Å². The fraction of sp³-hybridized carbons (Fsp3) is 0.306. The van der Waals surface area contributed by atoms with Gasteiger partial charge in [0.05, 0.1) is 40.6 Å². The molecule has 8 heteroatoms. The number of imide groups is 2. The van der Waals surface area contributed by atoms with E-state index in [9.17, 15) is 24.0 Å². The molecule has 8 rings (SSSR count). The summed E-state index contributed by atoms with van der Waals surface area (Å²) >= 11 is 0. The maximum Gasteiger partial charge on any atom is 0.343 e. The molecule has 220 valence electrons. The second kappa shape index (κ2) is 10.1. The first-order chi connectivity index (χ1) is 21.4. The zero-order valence-electron chi connectivity index (χ0n) is 23.9. The summed E-state index contributed by atoms with van der Waals surface area (Å²) in [5.74, 6) is -1.98. The minimum Gasteiger partial charge on any atom is -0.423 e. The van der Waals surface area contributed by atoms with E-state index < -0.39 is 5.97 Å². The molecule has 0 N–H and O–H groups in total. The van der Waals surface area contributed by atoms with E-state index in [0.717, 1.165) is 12.8 Å². The molecular formula is C36H30N2O6. The monoisotopic (exact) mass is 586 g/mol. The smallest absolute Gasteiger partial charge is 0.343 e. The Balaban J connectivity index is 0.959. The summed E-state index contributed by atoms with van der Waals surface area (Å²) in [6.45, 7) is 0. The molecule has 2 saturated carbocycles. The molecule has 2 bridgehead atoms. The molecule has 4 fully saturated rings. The van der Waals surface area contributed by atoms with Crippen LogP contribution in [0.3, 0.4) is 0 Å². The van der Waals surface area contributed by atoms with E-state index in [1.165, 1.54) is 21.4 Å². The highest BCUT2D eigenvalue weighted by Gasteiger charge is 2.59. The third-order valence-corrected chi connectivity index (χ3v) is 10.3. The fourth-order valence-electron chi connectivity index (χ4n) is 8.22. The summed E-state index contributed by atoms with van der Waals surface area (Å²) in [5.41, 5.74) is 2.20. The molecule has 44 heavy (non-hydrogen) atoms. The number of anilines is 2. The third kappa shape index (κ3) is 4.08. The zero-order chi connectivity index (χ0) is 30.1. The van der Waals surface area contributed by atoms with Gasteiger partial charge in [0.15, 0.2) is 0 Å². The molecule has 7 atom stereocenters. The molecule has 0 unspecified atom stereocenters. The van der Waals surface area contributed by atoms with Gasteiger partial charge in [-0.2, -0.15) is 0 Å². The van der Waals surface area contributed by atoms with Gasteiger partial charge in [0.25, 0.3) is 0 Å². The average molecular weight is 587 g/mol. The number of rotatable bonds is 5. The molecule has 0 aromatic heterocycles. The first kappa shape index (κ1) is 26.8. The lowest BCUT2D eigenvalue weighted by Crippen LogP contribution is -2.32. The SMILES string of the molecule is O=C(Oc1ccc(N2C(=O)[C@@H]3[C@H](C2=O)[C@H]2C=C[C@H]3C2)cc1)c1cccc(N2C(=O)[C@H]3CC[C@@H](c4ccccc4)C[C@H]3C2=O)c1. The van der Waals surface area contributed by atoms with Gasteiger partial charge in [0.1, 0.15) is 5.75 Å². The van der Waals surface area contributed by atoms with Crippen LogP contribution in [0.4, 0.5) is 11.4 Å². The maximum atomic E-state index is 13.5. The number of hydrogen-bond donors (Lipinski definition) is 0. The third-order valence-electron chi connectivity index (χ3n) is 10.3. The summed E-state index contributed by atoms with van der Waals surface area (Å²) in [4.78, 5) is 68.8. The predicted molar refractivity (Wildman–Crippen MR) is 161 cm³/mol. The Kier molecular flexibility index (Phi) is 6.15. The maximum absolute atomic E-state index is 13.5. The van der Waals surface area contributed by atoms with Gasteiger partial charge in [0, 0.05) is 0 Å². The fourth-order valence-corrected chi connectivity index (χ4v) is 8.22. The molecule has 8 nitrogen and oxygen atoms in total. The topological polar surface area (TPSA) is 101 Å². The van der Waals surface area contributed by atoms with E-state index in [4.69, 9.17) is 4.74 Å². The summed E-state index contributed by atoms with van der Waals surface area (Å²) in [7, 11) is 0. The first-order valence-corrected chi connectivity index (χ1v) is 15.3. The van der Waals surface area contributed by atoms with E-state index in [-0.39, 0.29) is 76.4 Å². The number of ether oxygens (including phenoxy) is 1. The van der Waals surface area contributed by atoms with Gasteiger partial charge in [0.2, 0.25) is 23.6 Å². The van der Waals surface area contributed by atoms with Crippen LogP contribution in [-0.2, 0) is 19.2 Å². The summed E-state index contributed by atoms with van der Waals surface area (Å²) < 4.78 is 5.59. The highest BCUT2D eigenvalue weighted by Crippen LogP contribution is 2.53. The lowest BCUT2D eigenvalue weighted by Gasteiger charge is -2.28. The van der Waals surface area contributed by atoms with E-state index >= 15 is 0 Å². The van der Waals surface area contributed by atoms with Gasteiger partial charge >= 0.3 is 5.97 Å². The summed E-state index contributed by atoms with van der Waals surface area (Å²) in [6, 6.07) is 22.8. The van der Waals surface area contributed by atoms with Crippen LogP contribution in [0.25, 0.3) is 0 Å². The van der Waals surface area contributed by atoms with Crippen molar-refractivity contribution in [1.29, 1.82) is 0 Å². The zero-order valence-corrected chi connectivity index (χ0v) is 23.9. The Bertz CT molecular complexity index is 1720. The number of hydrogen-bond acceptors (Lipinski definition) is 6. The van der Waals surface area contributed by atoms with E-state index in [1.54, 1.807) is 42.5 Å².